The standard InChI is InChI=1S/C11H16BrFN2O2/c1-17-3-2-7(6-16)15-11-5-9(13)8(12)4-10(11)14/h4-5,7,15-16H,2-3,6,14H2,1H3. The number of nitrogens with one attached hydrogen (secondary N) is 1. The molecule has 0 radical (unpaired) electrons. The molecule has 96 valence electrons. The van der Waals surface area contributed by atoms with E-state index >= 15 is 0 Å². The van der Waals surface area contributed by atoms with Crippen molar-refractivity contribution in [2.45, 2.75) is 12.5 Å². The summed E-state index contributed by atoms with van der Waals surface area (Å²) in [5.74, 6) is -0.398. The van der Waals surface area contributed by atoms with Crippen molar-refractivity contribution in [1.82, 2.24) is 0 Å². The molecule has 1 unspecified atom stereocenters. The number of methoxy groups -OCH3 is 1. The van der Waals surface area contributed by atoms with Gasteiger partial charge >= 0.3 is 0 Å². The largest absolute Gasteiger partial charge is 0.397 e. The summed E-state index contributed by atoms with van der Waals surface area (Å²) in [6, 6.07) is 2.58. The molecule has 4 nitrogen and oxygen atoms in total. The Hall–Kier alpha value is -0.850. The summed E-state index contributed by atoms with van der Waals surface area (Å²) in [4.78, 5) is 0. The molecule has 0 fully saturated rings. The quantitative estimate of drug-likeness (QED) is 0.703. The van der Waals surface area contributed by atoms with Crippen LogP contribution in [0.5, 0.6) is 0 Å². The average Bonchev–Trinajstić information content (AvgIpc) is 2.30. The zero-order valence-corrected chi connectivity index (χ0v) is 11.1. The molecule has 0 bridgehead atoms. The first-order chi connectivity index (χ1) is 8.08. The minimum atomic E-state index is -0.398. The maximum atomic E-state index is 13.3. The summed E-state index contributed by atoms with van der Waals surface area (Å²) < 4.78 is 18.6. The van der Waals surface area contributed by atoms with E-state index < -0.39 is 5.82 Å². The maximum absolute atomic E-state index is 13.3. The number of aliphatic hydroxyl groups excluding tert-OH is 1. The van der Waals surface area contributed by atoms with E-state index in [1.54, 1.807) is 7.11 Å². The van der Waals surface area contributed by atoms with Crippen LogP contribution >= 0.6 is 15.9 Å². The first kappa shape index (κ1) is 14.2. The van der Waals surface area contributed by atoms with E-state index in [1.165, 1.54) is 12.1 Å². The summed E-state index contributed by atoms with van der Waals surface area (Å²) in [6.07, 6.45) is 0.615. The predicted octanol–water partition coefficient (Wildman–Crippen LogP) is 1.98. The van der Waals surface area contributed by atoms with Crippen molar-refractivity contribution >= 4 is 27.3 Å². The van der Waals surface area contributed by atoms with E-state index in [9.17, 15) is 4.39 Å². The number of hydrogen-bond acceptors (Lipinski definition) is 4. The number of rotatable bonds is 6. The fourth-order valence-corrected chi connectivity index (χ4v) is 1.74. The highest BCUT2D eigenvalue weighted by Crippen LogP contribution is 2.27. The number of aliphatic hydroxyl groups is 1. The van der Waals surface area contributed by atoms with Gasteiger partial charge in [0, 0.05) is 19.8 Å². The van der Waals surface area contributed by atoms with Crippen LogP contribution in [0.1, 0.15) is 6.42 Å². The van der Waals surface area contributed by atoms with Gasteiger partial charge in [-0.2, -0.15) is 0 Å². The van der Waals surface area contributed by atoms with Crippen molar-refractivity contribution in [3.8, 4) is 0 Å². The van der Waals surface area contributed by atoms with E-state index in [0.29, 0.717) is 28.9 Å². The molecule has 0 aromatic heterocycles. The van der Waals surface area contributed by atoms with Crippen molar-refractivity contribution in [1.29, 1.82) is 0 Å². The second-order valence-electron chi connectivity index (χ2n) is 3.66. The highest BCUT2D eigenvalue weighted by molar-refractivity contribution is 9.10. The number of benzene rings is 1. The van der Waals surface area contributed by atoms with Crippen molar-refractivity contribution < 1.29 is 14.2 Å². The van der Waals surface area contributed by atoms with Crippen molar-refractivity contribution in [2.75, 3.05) is 31.4 Å². The van der Waals surface area contributed by atoms with Gasteiger partial charge in [0.25, 0.3) is 0 Å². The molecular formula is C11H16BrFN2O2. The minimum absolute atomic E-state index is 0.0690. The van der Waals surface area contributed by atoms with Gasteiger partial charge in [0.05, 0.1) is 28.5 Å². The molecular weight excluding hydrogens is 291 g/mol. The molecule has 0 aliphatic carbocycles. The zero-order chi connectivity index (χ0) is 12.8. The molecule has 0 saturated carbocycles. The highest BCUT2D eigenvalue weighted by Gasteiger charge is 2.11. The molecule has 0 spiro atoms. The Morgan fingerprint density at radius 1 is 1.59 bits per heavy atom. The zero-order valence-electron chi connectivity index (χ0n) is 9.54. The van der Waals surface area contributed by atoms with Crippen LogP contribution in [0.4, 0.5) is 15.8 Å². The summed E-state index contributed by atoms with van der Waals surface area (Å²) in [5, 5.41) is 12.2. The van der Waals surface area contributed by atoms with E-state index in [-0.39, 0.29) is 12.6 Å². The molecule has 6 heteroatoms. The third kappa shape index (κ3) is 4.14. The van der Waals surface area contributed by atoms with E-state index in [4.69, 9.17) is 15.6 Å². The van der Waals surface area contributed by atoms with Gasteiger partial charge in [0.1, 0.15) is 5.82 Å². The van der Waals surface area contributed by atoms with E-state index in [1.807, 2.05) is 0 Å². The summed E-state index contributed by atoms with van der Waals surface area (Å²) in [7, 11) is 1.59. The second kappa shape index (κ2) is 6.78. The molecule has 1 atom stereocenters. The summed E-state index contributed by atoms with van der Waals surface area (Å²) >= 11 is 3.05. The number of nitrogen functional groups attached to an aromatic ring is 1. The Balaban J connectivity index is 2.75. The molecule has 4 N–H and O–H groups in total. The van der Waals surface area contributed by atoms with Crippen molar-refractivity contribution in [3.63, 3.8) is 0 Å². The van der Waals surface area contributed by atoms with E-state index in [0.717, 1.165) is 0 Å². The number of halogens is 2. The molecule has 0 amide bonds. The summed E-state index contributed by atoms with van der Waals surface area (Å²) in [5.41, 5.74) is 6.65. The summed E-state index contributed by atoms with van der Waals surface area (Å²) in [6.45, 7) is 0.442. The predicted molar refractivity (Wildman–Crippen MR) is 69.5 cm³/mol. The van der Waals surface area contributed by atoms with Crippen molar-refractivity contribution in [3.05, 3.63) is 22.4 Å². The third-order valence-electron chi connectivity index (χ3n) is 2.34. The monoisotopic (exact) mass is 306 g/mol. The molecule has 0 heterocycles. The first-order valence-electron chi connectivity index (χ1n) is 5.19. The number of ether oxygens (including phenoxy) is 1. The van der Waals surface area contributed by atoms with Crippen LogP contribution in [-0.2, 0) is 4.74 Å². The number of nitrogens with two attached hydrogens (primary N) is 1. The lowest BCUT2D eigenvalue weighted by molar-refractivity contribution is 0.174. The normalized spacial score (nSPS) is 12.5. The molecule has 1 aromatic carbocycles. The molecule has 1 rings (SSSR count). The van der Waals surface area contributed by atoms with Crippen LogP contribution in [0, 0.1) is 5.82 Å². The second-order valence-corrected chi connectivity index (χ2v) is 4.51. The molecule has 0 aliphatic heterocycles. The lowest BCUT2D eigenvalue weighted by Crippen LogP contribution is -2.25. The SMILES string of the molecule is COCCC(CO)Nc1cc(F)c(Br)cc1N. The van der Waals surface area contributed by atoms with Gasteiger partial charge in [0.15, 0.2) is 0 Å². The van der Waals surface area contributed by atoms with Crippen LogP contribution in [0.15, 0.2) is 16.6 Å². The topological polar surface area (TPSA) is 67.5 Å². The Bertz CT molecular complexity index is 377. The molecule has 0 aliphatic rings. The first-order valence-corrected chi connectivity index (χ1v) is 5.98. The highest BCUT2D eigenvalue weighted by atomic mass is 79.9. The lowest BCUT2D eigenvalue weighted by Gasteiger charge is -2.18. The maximum Gasteiger partial charge on any atom is 0.139 e. The Morgan fingerprint density at radius 3 is 2.88 bits per heavy atom. The molecule has 0 saturated heterocycles. The smallest absolute Gasteiger partial charge is 0.139 e. The van der Waals surface area contributed by atoms with Crippen LogP contribution in [0.2, 0.25) is 0 Å². The van der Waals surface area contributed by atoms with Gasteiger partial charge in [0.2, 0.25) is 0 Å². The number of hydrogen-bond donors (Lipinski definition) is 3. The van der Waals surface area contributed by atoms with E-state index in [2.05, 4.69) is 21.2 Å². The van der Waals surface area contributed by atoms with Crippen LogP contribution in [0.3, 0.4) is 0 Å². The Kier molecular flexibility index (Phi) is 5.67. The molecule has 1 aromatic rings. The van der Waals surface area contributed by atoms with Crippen LogP contribution < -0.4 is 11.1 Å². The lowest BCUT2D eigenvalue weighted by atomic mass is 10.2. The van der Waals surface area contributed by atoms with Gasteiger partial charge in [-0.1, -0.05) is 0 Å². The molecule has 17 heavy (non-hydrogen) atoms. The van der Waals surface area contributed by atoms with Crippen LogP contribution in [0.25, 0.3) is 0 Å². The Labute approximate surface area is 108 Å². The van der Waals surface area contributed by atoms with Gasteiger partial charge in [-0.25, -0.2) is 4.39 Å². The average molecular weight is 307 g/mol. The van der Waals surface area contributed by atoms with Crippen molar-refractivity contribution in [2.24, 2.45) is 0 Å². The van der Waals surface area contributed by atoms with Gasteiger partial charge in [-0.05, 0) is 28.4 Å². The fourth-order valence-electron chi connectivity index (χ4n) is 1.38. The fraction of sp³-hybridized carbons (Fsp3) is 0.455. The number of anilines is 2. The Morgan fingerprint density at radius 2 is 2.29 bits per heavy atom. The van der Waals surface area contributed by atoms with Gasteiger partial charge in [-0.3, -0.25) is 0 Å². The minimum Gasteiger partial charge on any atom is -0.397 e. The third-order valence-corrected chi connectivity index (χ3v) is 2.95. The van der Waals surface area contributed by atoms with Gasteiger partial charge in [-0.15, -0.1) is 0 Å². The van der Waals surface area contributed by atoms with Gasteiger partial charge < -0.3 is 20.9 Å². The van der Waals surface area contributed by atoms with Crippen LogP contribution in [-0.4, -0.2) is 31.5 Å².